The smallest absolute Gasteiger partial charge is 0.385 e. The van der Waals surface area contributed by atoms with E-state index in [1.807, 2.05) is 0 Å². The quantitative estimate of drug-likeness (QED) is 0.532. The fourth-order valence-corrected chi connectivity index (χ4v) is 3.30. The summed E-state index contributed by atoms with van der Waals surface area (Å²) in [7, 11) is 0. The van der Waals surface area contributed by atoms with E-state index in [-0.39, 0.29) is 36.1 Å². The fraction of sp³-hybridized carbons (Fsp3) is 0.588. The molecule has 0 unspecified atom stereocenters. The molecule has 2 rings (SSSR count). The molecule has 1 N–H and O–H groups in total. The van der Waals surface area contributed by atoms with Crippen LogP contribution in [0, 0.1) is 0 Å². The van der Waals surface area contributed by atoms with Crippen molar-refractivity contribution >= 4 is 23.2 Å². The Balaban J connectivity index is 2.09. The van der Waals surface area contributed by atoms with Crippen LogP contribution in [0.3, 0.4) is 0 Å². The van der Waals surface area contributed by atoms with Crippen molar-refractivity contribution in [3.63, 3.8) is 0 Å². The third kappa shape index (κ3) is 5.92. The van der Waals surface area contributed by atoms with E-state index in [9.17, 15) is 31.1 Å². The number of amides is 1. The molecule has 0 saturated carbocycles. The van der Waals surface area contributed by atoms with Gasteiger partial charge in [-0.2, -0.15) is 26.3 Å². The van der Waals surface area contributed by atoms with Crippen molar-refractivity contribution in [2.75, 3.05) is 24.3 Å². The summed E-state index contributed by atoms with van der Waals surface area (Å²) in [6, 6.07) is 1.26. The van der Waals surface area contributed by atoms with Crippen LogP contribution in [0.5, 0.6) is 0 Å². The largest absolute Gasteiger partial charge is 0.416 e. The minimum absolute atomic E-state index is 0.0905. The van der Waals surface area contributed by atoms with Gasteiger partial charge in [-0.25, -0.2) is 0 Å². The molecular weight excluding hydrogens is 398 g/mol. The predicted octanol–water partition coefficient (Wildman–Crippen LogP) is 5.15. The van der Waals surface area contributed by atoms with Crippen LogP contribution in [-0.2, 0) is 17.1 Å². The van der Waals surface area contributed by atoms with Gasteiger partial charge in [0.25, 0.3) is 0 Å². The van der Waals surface area contributed by atoms with Crippen LogP contribution in [0.15, 0.2) is 18.2 Å². The Kier molecular flexibility index (Phi) is 6.88. The highest BCUT2D eigenvalue weighted by atomic mass is 35.5. The van der Waals surface area contributed by atoms with Gasteiger partial charge in [0.2, 0.25) is 5.91 Å². The molecule has 1 atom stereocenters. The number of carbonyl (C=O) groups excluding carboxylic acids is 1. The Bertz CT molecular complexity index is 630. The van der Waals surface area contributed by atoms with E-state index in [1.165, 1.54) is 0 Å². The van der Waals surface area contributed by atoms with Gasteiger partial charge in [0.05, 0.1) is 11.1 Å². The minimum Gasteiger partial charge on any atom is -0.385 e. The van der Waals surface area contributed by atoms with Crippen LogP contribution in [0.4, 0.5) is 32.0 Å². The molecule has 1 aliphatic rings. The van der Waals surface area contributed by atoms with Crippen molar-refractivity contribution < 1.29 is 31.1 Å². The number of benzene rings is 1. The van der Waals surface area contributed by atoms with Gasteiger partial charge in [0.15, 0.2) is 0 Å². The van der Waals surface area contributed by atoms with Crippen LogP contribution >= 0.6 is 11.6 Å². The molecule has 0 spiro atoms. The first kappa shape index (κ1) is 21.7. The molecule has 0 aliphatic carbocycles. The number of halogens is 7. The normalized spacial score (nSPS) is 18.5. The standard InChI is InChI=1S/C17H19ClF6N2O/c18-10-15(27)26-6-2-1-3-14(26)4-5-25-13-8-11(16(19,20)21)7-12(9-13)17(22,23)24/h7-9,14,25H,1-6,10H2/t14-/m0/s1. The molecule has 0 bridgehead atoms. The monoisotopic (exact) mass is 416 g/mol. The van der Waals surface area contributed by atoms with E-state index < -0.39 is 23.5 Å². The van der Waals surface area contributed by atoms with E-state index in [0.29, 0.717) is 25.1 Å². The van der Waals surface area contributed by atoms with E-state index in [2.05, 4.69) is 5.32 Å². The van der Waals surface area contributed by atoms with Gasteiger partial charge in [-0.1, -0.05) is 0 Å². The zero-order chi connectivity index (χ0) is 20.2. The number of nitrogens with one attached hydrogen (secondary N) is 1. The summed E-state index contributed by atoms with van der Waals surface area (Å²) in [6.07, 6.45) is -6.90. The summed E-state index contributed by atoms with van der Waals surface area (Å²) in [6.45, 7) is 0.688. The number of anilines is 1. The minimum atomic E-state index is -4.88. The summed E-state index contributed by atoms with van der Waals surface area (Å²) in [4.78, 5) is 13.5. The first-order valence-electron chi connectivity index (χ1n) is 8.41. The van der Waals surface area contributed by atoms with Crippen molar-refractivity contribution in [2.24, 2.45) is 0 Å². The average molecular weight is 417 g/mol. The molecular formula is C17H19ClF6N2O. The second-order valence-electron chi connectivity index (χ2n) is 6.38. The average Bonchev–Trinajstić information content (AvgIpc) is 2.60. The lowest BCUT2D eigenvalue weighted by atomic mass is 9.99. The van der Waals surface area contributed by atoms with Gasteiger partial charge >= 0.3 is 12.4 Å². The lowest BCUT2D eigenvalue weighted by Crippen LogP contribution is -2.45. The van der Waals surface area contributed by atoms with E-state index in [0.717, 1.165) is 19.3 Å². The molecule has 27 heavy (non-hydrogen) atoms. The molecule has 1 aromatic rings. The Morgan fingerprint density at radius 2 is 1.67 bits per heavy atom. The first-order valence-corrected chi connectivity index (χ1v) is 8.94. The van der Waals surface area contributed by atoms with Crippen LogP contribution in [0.1, 0.15) is 36.8 Å². The van der Waals surface area contributed by atoms with Gasteiger partial charge < -0.3 is 10.2 Å². The predicted molar refractivity (Wildman–Crippen MR) is 89.6 cm³/mol. The van der Waals surface area contributed by atoms with Gasteiger partial charge in [0.1, 0.15) is 5.88 Å². The van der Waals surface area contributed by atoms with Crippen molar-refractivity contribution in [1.29, 1.82) is 0 Å². The van der Waals surface area contributed by atoms with Crippen LogP contribution in [0.25, 0.3) is 0 Å². The van der Waals surface area contributed by atoms with Gasteiger partial charge in [0, 0.05) is 24.8 Å². The lowest BCUT2D eigenvalue weighted by molar-refractivity contribution is -0.143. The fourth-order valence-electron chi connectivity index (χ4n) is 3.15. The summed E-state index contributed by atoms with van der Waals surface area (Å²) < 4.78 is 77.3. The Morgan fingerprint density at radius 1 is 1.07 bits per heavy atom. The molecule has 0 radical (unpaired) electrons. The van der Waals surface area contributed by atoms with Gasteiger partial charge in [-0.15, -0.1) is 11.6 Å². The molecule has 1 amide bonds. The highest BCUT2D eigenvalue weighted by Crippen LogP contribution is 2.37. The topological polar surface area (TPSA) is 32.3 Å². The number of hydrogen-bond acceptors (Lipinski definition) is 2. The lowest BCUT2D eigenvalue weighted by Gasteiger charge is -2.35. The highest BCUT2D eigenvalue weighted by Gasteiger charge is 2.37. The summed E-state index contributed by atoms with van der Waals surface area (Å²) in [5.74, 6) is -0.383. The maximum Gasteiger partial charge on any atom is 0.416 e. The second-order valence-corrected chi connectivity index (χ2v) is 6.65. The molecule has 1 aromatic carbocycles. The van der Waals surface area contributed by atoms with Crippen LogP contribution in [0.2, 0.25) is 0 Å². The summed E-state index contributed by atoms with van der Waals surface area (Å²) >= 11 is 5.58. The van der Waals surface area contributed by atoms with Crippen LogP contribution < -0.4 is 5.32 Å². The Hall–Kier alpha value is -1.64. The molecule has 1 heterocycles. The summed E-state index contributed by atoms with van der Waals surface area (Å²) in [5.41, 5.74) is -2.99. The maximum atomic E-state index is 12.9. The van der Waals surface area contributed by atoms with E-state index in [4.69, 9.17) is 11.6 Å². The third-order valence-electron chi connectivity index (χ3n) is 4.46. The number of carbonyl (C=O) groups is 1. The third-order valence-corrected chi connectivity index (χ3v) is 4.68. The zero-order valence-corrected chi connectivity index (χ0v) is 15.0. The molecule has 0 aromatic heterocycles. The van der Waals surface area contributed by atoms with Gasteiger partial charge in [-0.3, -0.25) is 4.79 Å². The summed E-state index contributed by atoms with van der Waals surface area (Å²) in [5, 5.41) is 2.62. The Labute approximate surface area is 157 Å². The Morgan fingerprint density at radius 3 is 2.19 bits per heavy atom. The van der Waals surface area contributed by atoms with Crippen molar-refractivity contribution in [3.8, 4) is 0 Å². The maximum absolute atomic E-state index is 12.9. The number of likely N-dealkylation sites (tertiary alicyclic amines) is 1. The zero-order valence-electron chi connectivity index (χ0n) is 14.3. The number of piperidine rings is 1. The second kappa shape index (κ2) is 8.58. The van der Waals surface area contributed by atoms with Crippen molar-refractivity contribution in [3.05, 3.63) is 29.3 Å². The van der Waals surface area contributed by atoms with E-state index >= 15 is 0 Å². The molecule has 3 nitrogen and oxygen atoms in total. The molecule has 1 saturated heterocycles. The number of alkyl halides is 7. The van der Waals surface area contributed by atoms with Crippen LogP contribution in [-0.4, -0.2) is 35.8 Å². The molecule has 1 fully saturated rings. The molecule has 10 heteroatoms. The molecule has 1 aliphatic heterocycles. The number of nitrogens with zero attached hydrogens (tertiary/aromatic N) is 1. The SMILES string of the molecule is O=C(CCl)N1CCCC[C@H]1CCNc1cc(C(F)(F)F)cc(C(F)(F)F)c1. The number of rotatable bonds is 5. The molecule has 152 valence electrons. The van der Waals surface area contributed by atoms with E-state index in [1.54, 1.807) is 4.90 Å². The number of hydrogen-bond donors (Lipinski definition) is 1. The first-order chi connectivity index (χ1) is 12.5. The highest BCUT2D eigenvalue weighted by molar-refractivity contribution is 6.27. The van der Waals surface area contributed by atoms with Crippen molar-refractivity contribution in [1.82, 2.24) is 4.90 Å². The van der Waals surface area contributed by atoms with Gasteiger partial charge in [-0.05, 0) is 43.9 Å². The van der Waals surface area contributed by atoms with Crippen molar-refractivity contribution in [2.45, 2.75) is 44.1 Å².